The van der Waals surface area contributed by atoms with Crippen molar-refractivity contribution in [3.63, 3.8) is 0 Å². The summed E-state index contributed by atoms with van der Waals surface area (Å²) in [6.45, 7) is 10.3. The molecule has 0 amide bonds. The number of carbonyl (C=O) groups excluding carboxylic acids is 2. The molecule has 3 heteroatoms. The molecule has 0 aromatic carbocycles. The van der Waals surface area contributed by atoms with Crippen molar-refractivity contribution in [2.45, 2.75) is 143 Å². The van der Waals surface area contributed by atoms with Gasteiger partial charge in [-0.1, -0.05) is 102 Å². The van der Waals surface area contributed by atoms with Crippen LogP contribution in [0.15, 0.2) is 47.6 Å². The molecule has 0 aliphatic heterocycles. The molecule has 0 aromatic heterocycles. The van der Waals surface area contributed by atoms with Crippen LogP contribution in [0.5, 0.6) is 0 Å². The molecule has 0 aromatic rings. The molecular formula is C33H54O3. The third kappa shape index (κ3) is 15.3. The van der Waals surface area contributed by atoms with Gasteiger partial charge in [0.1, 0.15) is 6.10 Å². The molecule has 1 aliphatic rings. The Morgan fingerprint density at radius 1 is 0.944 bits per heavy atom. The third-order valence-electron chi connectivity index (χ3n) is 7.11. The highest BCUT2D eigenvalue weighted by Crippen LogP contribution is 2.29. The molecular weight excluding hydrogens is 444 g/mol. The summed E-state index contributed by atoms with van der Waals surface area (Å²) in [5.74, 6) is -0.111. The van der Waals surface area contributed by atoms with Crippen LogP contribution in [0.4, 0.5) is 0 Å². The molecule has 0 radical (unpaired) electrons. The smallest absolute Gasteiger partial charge is 0.306 e. The van der Waals surface area contributed by atoms with Crippen molar-refractivity contribution in [3.05, 3.63) is 47.6 Å². The molecule has 1 atom stereocenters. The van der Waals surface area contributed by atoms with Crippen molar-refractivity contribution in [3.8, 4) is 0 Å². The lowest BCUT2D eigenvalue weighted by Crippen LogP contribution is -2.31. The minimum absolute atomic E-state index is 0.0287. The van der Waals surface area contributed by atoms with E-state index in [4.69, 9.17) is 4.74 Å². The lowest BCUT2D eigenvalue weighted by molar-refractivity contribution is -0.150. The number of unbranched alkanes of at least 4 members (excludes halogenated alkanes) is 11. The summed E-state index contributed by atoms with van der Waals surface area (Å²) < 4.78 is 5.93. The fourth-order valence-corrected chi connectivity index (χ4v) is 4.42. The predicted octanol–water partition coefficient (Wildman–Crippen LogP) is 9.77. The molecule has 0 bridgehead atoms. The zero-order valence-corrected chi connectivity index (χ0v) is 24.1. The molecule has 1 rings (SSSR count). The molecule has 0 N–H and O–H groups in total. The normalized spacial score (nSPS) is 18.6. The molecule has 0 saturated carbocycles. The first-order chi connectivity index (χ1) is 17.3. The maximum absolute atomic E-state index is 12.6. The number of allylic oxidation sites excluding steroid dienone is 6. The minimum atomic E-state index is -0.445. The molecule has 3 nitrogen and oxygen atoms in total. The molecule has 0 spiro atoms. The Hall–Kier alpha value is -1.90. The van der Waals surface area contributed by atoms with Crippen molar-refractivity contribution in [2.24, 2.45) is 5.41 Å². The Labute approximate surface area is 222 Å². The maximum atomic E-state index is 12.6. The summed E-state index contributed by atoms with van der Waals surface area (Å²) in [4.78, 5) is 24.9. The van der Waals surface area contributed by atoms with Gasteiger partial charge < -0.3 is 4.74 Å². The second-order valence-corrected chi connectivity index (χ2v) is 11.2. The first-order valence-corrected chi connectivity index (χ1v) is 14.7. The molecule has 0 saturated heterocycles. The van der Waals surface area contributed by atoms with Crippen LogP contribution in [0.2, 0.25) is 0 Å². The van der Waals surface area contributed by atoms with Crippen molar-refractivity contribution in [2.75, 3.05) is 0 Å². The fraction of sp³-hybridized carbons (Fsp3) is 0.697. The number of hydrogen-bond donors (Lipinski definition) is 0. The second kappa shape index (κ2) is 19.2. The van der Waals surface area contributed by atoms with Gasteiger partial charge in [-0.25, -0.2) is 0 Å². The van der Waals surface area contributed by atoms with E-state index in [1.54, 1.807) is 6.08 Å². The Kier molecular flexibility index (Phi) is 17.2. The molecule has 1 aliphatic carbocycles. The van der Waals surface area contributed by atoms with Crippen LogP contribution >= 0.6 is 0 Å². The van der Waals surface area contributed by atoms with Gasteiger partial charge in [-0.05, 0) is 76.5 Å². The number of carbonyl (C=O) groups is 2. The minimum Gasteiger partial charge on any atom is -0.457 e. The van der Waals surface area contributed by atoms with Crippen LogP contribution in [0.1, 0.15) is 137 Å². The van der Waals surface area contributed by atoms with E-state index in [-0.39, 0.29) is 17.9 Å². The summed E-state index contributed by atoms with van der Waals surface area (Å²) in [5.41, 5.74) is 1.52. The van der Waals surface area contributed by atoms with Crippen LogP contribution in [-0.4, -0.2) is 17.9 Å². The van der Waals surface area contributed by atoms with E-state index < -0.39 is 5.41 Å². The van der Waals surface area contributed by atoms with Gasteiger partial charge >= 0.3 is 5.97 Å². The second-order valence-electron chi connectivity index (χ2n) is 11.2. The highest BCUT2D eigenvalue weighted by molar-refractivity contribution is 6.03. The first kappa shape index (κ1) is 32.1. The van der Waals surface area contributed by atoms with Crippen LogP contribution in [0.25, 0.3) is 0 Å². The van der Waals surface area contributed by atoms with Crippen molar-refractivity contribution in [1.29, 1.82) is 0 Å². The van der Waals surface area contributed by atoms with Crippen LogP contribution in [0, 0.1) is 5.41 Å². The van der Waals surface area contributed by atoms with Gasteiger partial charge in [-0.15, -0.1) is 0 Å². The zero-order chi connectivity index (χ0) is 26.7. The average Bonchev–Trinajstić information content (AvgIpc) is 2.85. The summed E-state index contributed by atoms with van der Waals surface area (Å²) in [6, 6.07) is 0. The summed E-state index contributed by atoms with van der Waals surface area (Å²) in [5, 5.41) is 0. The summed E-state index contributed by atoms with van der Waals surface area (Å²) in [6.07, 6.45) is 30.2. The van der Waals surface area contributed by atoms with Gasteiger partial charge in [0.25, 0.3) is 0 Å². The van der Waals surface area contributed by atoms with Crippen LogP contribution < -0.4 is 0 Å². The van der Waals surface area contributed by atoms with E-state index in [9.17, 15) is 9.59 Å². The van der Waals surface area contributed by atoms with E-state index >= 15 is 0 Å². The lowest BCUT2D eigenvalue weighted by atomic mass is 9.84. The van der Waals surface area contributed by atoms with E-state index in [0.29, 0.717) is 6.42 Å². The van der Waals surface area contributed by atoms with Crippen molar-refractivity contribution >= 4 is 11.8 Å². The SMILES string of the molecule is CCCCCCCCC=CCCCCCCCC(=O)OC1C=C(C)CCC=C(C)C(=O)C=CC1(C)C. The predicted molar refractivity (Wildman–Crippen MR) is 154 cm³/mol. The van der Waals surface area contributed by atoms with Gasteiger partial charge in [0, 0.05) is 11.8 Å². The Morgan fingerprint density at radius 2 is 1.53 bits per heavy atom. The first-order valence-electron chi connectivity index (χ1n) is 14.7. The number of esters is 1. The third-order valence-corrected chi connectivity index (χ3v) is 7.11. The van der Waals surface area contributed by atoms with E-state index in [1.807, 2.05) is 32.9 Å². The van der Waals surface area contributed by atoms with Crippen LogP contribution in [-0.2, 0) is 14.3 Å². The molecule has 0 fully saturated rings. The van der Waals surface area contributed by atoms with Gasteiger partial charge in [-0.2, -0.15) is 0 Å². The molecule has 1 unspecified atom stereocenters. The number of ether oxygens (including phenoxy) is 1. The highest BCUT2D eigenvalue weighted by atomic mass is 16.5. The van der Waals surface area contributed by atoms with Gasteiger partial charge in [0.2, 0.25) is 0 Å². The lowest BCUT2D eigenvalue weighted by Gasteiger charge is -2.29. The fourth-order valence-electron chi connectivity index (χ4n) is 4.42. The van der Waals surface area contributed by atoms with E-state index in [2.05, 4.69) is 32.1 Å². The quantitative estimate of drug-likeness (QED) is 0.121. The molecule has 204 valence electrons. The average molecular weight is 499 g/mol. The Bertz CT molecular complexity index is 751. The van der Waals surface area contributed by atoms with E-state index in [0.717, 1.165) is 31.3 Å². The Morgan fingerprint density at radius 3 is 2.17 bits per heavy atom. The number of ketones is 1. The van der Waals surface area contributed by atoms with Crippen LogP contribution in [0.3, 0.4) is 0 Å². The van der Waals surface area contributed by atoms with Crippen molar-refractivity contribution < 1.29 is 14.3 Å². The topological polar surface area (TPSA) is 43.4 Å². The van der Waals surface area contributed by atoms with Gasteiger partial charge in [0.05, 0.1) is 0 Å². The molecule has 0 heterocycles. The van der Waals surface area contributed by atoms with Crippen molar-refractivity contribution in [1.82, 2.24) is 0 Å². The van der Waals surface area contributed by atoms with Gasteiger partial charge in [0.15, 0.2) is 5.78 Å². The largest absolute Gasteiger partial charge is 0.457 e. The highest BCUT2D eigenvalue weighted by Gasteiger charge is 2.29. The summed E-state index contributed by atoms with van der Waals surface area (Å²) >= 11 is 0. The van der Waals surface area contributed by atoms with Gasteiger partial charge in [-0.3, -0.25) is 9.59 Å². The number of hydrogen-bond acceptors (Lipinski definition) is 3. The summed E-state index contributed by atoms with van der Waals surface area (Å²) in [7, 11) is 0. The Balaban J connectivity index is 2.27. The zero-order valence-electron chi connectivity index (χ0n) is 24.1. The monoisotopic (exact) mass is 498 g/mol. The van der Waals surface area contributed by atoms with E-state index in [1.165, 1.54) is 76.2 Å². The maximum Gasteiger partial charge on any atom is 0.306 e. The standard InChI is InChI=1S/C33H54O3/c1-6-7-8-9-10-11-12-13-14-15-16-17-18-19-20-24-32(35)36-31-27-28(2)22-21-23-29(3)30(34)25-26-33(31,4)5/h13-14,23,25-27,31H,6-12,15-22,24H2,1-5H3. The molecule has 36 heavy (non-hydrogen) atoms. The number of rotatable bonds is 16.